The van der Waals surface area contributed by atoms with Crippen molar-refractivity contribution in [1.29, 1.82) is 0 Å². The largest absolute Gasteiger partial charge is 0.314 e. The Bertz CT molecular complexity index is 618. The quantitative estimate of drug-likeness (QED) is 0.778. The molecule has 0 saturated carbocycles. The van der Waals surface area contributed by atoms with E-state index in [-0.39, 0.29) is 0 Å². The van der Waals surface area contributed by atoms with E-state index in [2.05, 4.69) is 51.3 Å². The third-order valence-corrected chi connectivity index (χ3v) is 3.35. The number of fused-ring (bicyclic) bond motifs is 1. The molecular formula is C16H17N3. The Morgan fingerprint density at radius 1 is 1.21 bits per heavy atom. The minimum Gasteiger partial charge on any atom is -0.314 e. The third-order valence-electron chi connectivity index (χ3n) is 3.35. The van der Waals surface area contributed by atoms with Crippen LogP contribution in [0.5, 0.6) is 0 Å². The van der Waals surface area contributed by atoms with Gasteiger partial charge in [-0.3, -0.25) is 9.88 Å². The molecule has 0 unspecified atom stereocenters. The molecule has 0 spiro atoms. The van der Waals surface area contributed by atoms with Crippen molar-refractivity contribution in [3.05, 3.63) is 42.1 Å². The molecule has 1 N–H and O–H groups in total. The molecular weight excluding hydrogens is 234 g/mol. The van der Waals surface area contributed by atoms with Crippen LogP contribution in [0.15, 0.2) is 36.5 Å². The van der Waals surface area contributed by atoms with Gasteiger partial charge < -0.3 is 5.32 Å². The molecule has 2 heterocycles. The molecule has 3 nitrogen and oxygen atoms in total. The monoisotopic (exact) mass is 251 g/mol. The zero-order valence-electron chi connectivity index (χ0n) is 10.9. The van der Waals surface area contributed by atoms with Crippen LogP contribution in [0.2, 0.25) is 0 Å². The molecule has 1 aromatic carbocycles. The average molecular weight is 251 g/mol. The van der Waals surface area contributed by atoms with Gasteiger partial charge in [0.2, 0.25) is 0 Å². The second kappa shape index (κ2) is 5.83. The summed E-state index contributed by atoms with van der Waals surface area (Å²) in [6.45, 7) is 5.17. The molecule has 1 aliphatic heterocycles. The summed E-state index contributed by atoms with van der Waals surface area (Å²) >= 11 is 0. The lowest BCUT2D eigenvalue weighted by Crippen LogP contribution is -2.43. The summed E-state index contributed by atoms with van der Waals surface area (Å²) < 4.78 is 0. The van der Waals surface area contributed by atoms with Crippen molar-refractivity contribution in [3.63, 3.8) is 0 Å². The Morgan fingerprint density at radius 3 is 3.00 bits per heavy atom. The van der Waals surface area contributed by atoms with Crippen molar-refractivity contribution in [2.75, 3.05) is 32.7 Å². The first kappa shape index (κ1) is 12.2. The standard InChI is InChI=1S/C16H17N3/c1-4-15-6-5-14(13-16(15)18-7-1)3-2-10-19-11-8-17-9-12-19/h1,4-7,13,17H,8-12H2. The van der Waals surface area contributed by atoms with Crippen molar-refractivity contribution in [3.8, 4) is 11.8 Å². The van der Waals surface area contributed by atoms with Gasteiger partial charge in [0.1, 0.15) is 0 Å². The van der Waals surface area contributed by atoms with Crippen molar-refractivity contribution >= 4 is 10.9 Å². The number of nitrogens with zero attached hydrogens (tertiary/aromatic N) is 2. The maximum Gasteiger partial charge on any atom is 0.0714 e. The van der Waals surface area contributed by atoms with Gasteiger partial charge in [-0.1, -0.05) is 24.0 Å². The molecule has 0 bridgehead atoms. The van der Waals surface area contributed by atoms with E-state index in [1.165, 1.54) is 0 Å². The second-order valence-corrected chi connectivity index (χ2v) is 4.74. The van der Waals surface area contributed by atoms with Crippen LogP contribution >= 0.6 is 0 Å². The molecule has 19 heavy (non-hydrogen) atoms. The van der Waals surface area contributed by atoms with Gasteiger partial charge in [-0.25, -0.2) is 0 Å². The second-order valence-electron chi connectivity index (χ2n) is 4.74. The fourth-order valence-electron chi connectivity index (χ4n) is 2.27. The summed E-state index contributed by atoms with van der Waals surface area (Å²) in [7, 11) is 0. The van der Waals surface area contributed by atoms with E-state index in [4.69, 9.17) is 0 Å². The van der Waals surface area contributed by atoms with Crippen molar-refractivity contribution in [2.45, 2.75) is 0 Å². The summed E-state index contributed by atoms with van der Waals surface area (Å²) in [4.78, 5) is 6.73. The summed E-state index contributed by atoms with van der Waals surface area (Å²) in [5.41, 5.74) is 2.05. The third kappa shape index (κ3) is 3.11. The average Bonchev–Trinajstić information content (AvgIpc) is 2.48. The number of pyridine rings is 1. The van der Waals surface area contributed by atoms with Crippen LogP contribution in [0.1, 0.15) is 5.56 Å². The van der Waals surface area contributed by atoms with Gasteiger partial charge in [-0.15, -0.1) is 0 Å². The van der Waals surface area contributed by atoms with Gasteiger partial charge in [-0.2, -0.15) is 0 Å². The zero-order chi connectivity index (χ0) is 12.9. The van der Waals surface area contributed by atoms with Gasteiger partial charge in [0.15, 0.2) is 0 Å². The van der Waals surface area contributed by atoms with Crippen LogP contribution < -0.4 is 5.32 Å². The molecule has 0 amide bonds. The van der Waals surface area contributed by atoms with Gasteiger partial charge in [0.05, 0.1) is 12.1 Å². The first-order chi connectivity index (χ1) is 9.42. The van der Waals surface area contributed by atoms with Crippen molar-refractivity contribution in [2.24, 2.45) is 0 Å². The number of benzene rings is 1. The Balaban J connectivity index is 1.70. The van der Waals surface area contributed by atoms with E-state index < -0.39 is 0 Å². The van der Waals surface area contributed by atoms with E-state index >= 15 is 0 Å². The Hall–Kier alpha value is -1.89. The van der Waals surface area contributed by atoms with E-state index in [1.54, 1.807) is 0 Å². The zero-order valence-corrected chi connectivity index (χ0v) is 10.9. The number of piperazine rings is 1. The molecule has 1 aromatic heterocycles. The maximum absolute atomic E-state index is 4.35. The van der Waals surface area contributed by atoms with Crippen LogP contribution in [0.4, 0.5) is 0 Å². The number of hydrogen-bond donors (Lipinski definition) is 1. The molecule has 0 radical (unpaired) electrons. The Kier molecular flexibility index (Phi) is 3.73. The van der Waals surface area contributed by atoms with Crippen LogP contribution in [-0.2, 0) is 0 Å². The summed E-state index contributed by atoms with van der Waals surface area (Å²) in [6, 6.07) is 10.2. The van der Waals surface area contributed by atoms with E-state index in [0.29, 0.717) is 0 Å². The predicted octanol–water partition coefficient (Wildman–Crippen LogP) is 1.49. The highest BCUT2D eigenvalue weighted by Crippen LogP contribution is 2.12. The summed E-state index contributed by atoms with van der Waals surface area (Å²) in [6.07, 6.45) is 1.82. The molecule has 0 aliphatic carbocycles. The van der Waals surface area contributed by atoms with Crippen LogP contribution in [-0.4, -0.2) is 42.6 Å². The van der Waals surface area contributed by atoms with Crippen molar-refractivity contribution < 1.29 is 0 Å². The molecule has 1 fully saturated rings. The fourth-order valence-corrected chi connectivity index (χ4v) is 2.27. The highest BCUT2D eigenvalue weighted by molar-refractivity contribution is 5.79. The van der Waals surface area contributed by atoms with Crippen LogP contribution in [0, 0.1) is 11.8 Å². The predicted molar refractivity (Wildman–Crippen MR) is 77.9 cm³/mol. The normalized spacial score (nSPS) is 16.0. The molecule has 3 rings (SSSR count). The molecule has 2 aromatic rings. The van der Waals surface area contributed by atoms with Gasteiger partial charge >= 0.3 is 0 Å². The molecule has 3 heteroatoms. The number of rotatable bonds is 1. The van der Waals surface area contributed by atoms with Crippen molar-refractivity contribution in [1.82, 2.24) is 15.2 Å². The molecule has 1 aliphatic rings. The number of nitrogens with one attached hydrogen (secondary N) is 1. The van der Waals surface area contributed by atoms with E-state index in [1.807, 2.05) is 12.3 Å². The summed E-state index contributed by atoms with van der Waals surface area (Å²) in [5.74, 6) is 6.49. The smallest absolute Gasteiger partial charge is 0.0714 e. The molecule has 1 saturated heterocycles. The van der Waals surface area contributed by atoms with Crippen LogP contribution in [0.25, 0.3) is 10.9 Å². The van der Waals surface area contributed by atoms with E-state index in [9.17, 15) is 0 Å². The first-order valence-corrected chi connectivity index (χ1v) is 6.68. The number of hydrogen-bond acceptors (Lipinski definition) is 3. The lowest BCUT2D eigenvalue weighted by atomic mass is 10.1. The first-order valence-electron chi connectivity index (χ1n) is 6.68. The minimum absolute atomic E-state index is 0.849. The minimum atomic E-state index is 0.849. The fraction of sp³-hybridized carbons (Fsp3) is 0.312. The Labute approximate surface area is 113 Å². The highest BCUT2D eigenvalue weighted by Gasteiger charge is 2.06. The molecule has 0 atom stereocenters. The van der Waals surface area contributed by atoms with Crippen LogP contribution in [0.3, 0.4) is 0 Å². The van der Waals surface area contributed by atoms with Gasteiger partial charge in [-0.05, 0) is 18.2 Å². The summed E-state index contributed by atoms with van der Waals surface area (Å²) in [5, 5.41) is 4.51. The maximum atomic E-state index is 4.35. The topological polar surface area (TPSA) is 28.2 Å². The highest BCUT2D eigenvalue weighted by atomic mass is 15.2. The van der Waals surface area contributed by atoms with E-state index in [0.717, 1.165) is 49.2 Å². The number of aromatic nitrogens is 1. The van der Waals surface area contributed by atoms with Gasteiger partial charge in [0, 0.05) is 43.3 Å². The lowest BCUT2D eigenvalue weighted by Gasteiger charge is -2.24. The SMILES string of the molecule is C(#Cc1ccc2cccnc2c1)CN1CCNCC1. The lowest BCUT2D eigenvalue weighted by molar-refractivity contribution is 0.268. The molecule has 96 valence electrons. The van der Waals surface area contributed by atoms with Gasteiger partial charge in [0.25, 0.3) is 0 Å². The Morgan fingerprint density at radius 2 is 2.11 bits per heavy atom.